The molecule has 1 heterocycles. The van der Waals surface area contributed by atoms with Gasteiger partial charge >= 0.3 is 23.9 Å². The molecule has 1 aliphatic heterocycles. The number of benzene rings is 1. The minimum absolute atomic E-state index is 0.0796. The van der Waals surface area contributed by atoms with Crippen molar-refractivity contribution in [3.8, 4) is 0 Å². The second-order valence-electron chi connectivity index (χ2n) is 13.9. The first kappa shape index (κ1) is 34.7. The third-order valence-corrected chi connectivity index (χ3v) is 10.8. The standard InChI is InChI=1S/C34H42O13/c1-16-21(45-29(40)17(2)35)14-34(42)28(46-30(41)20-11-9-8-10-12-20)26-32(7,22(38)13-23-33(26,15-43-23)47-19(4)37)27(39)25(44-18(3)36)24(16)31(34,5)6/h8-12,17,21-23,25-26,28,35,38,42H,13-15H2,1-7H3/t17-,21+,22+,23-,25-,26+,28+,32-,33+,34-/m1/s1. The fourth-order valence-electron chi connectivity index (χ4n) is 8.26. The Balaban J connectivity index is 1.85. The molecule has 1 aromatic rings. The van der Waals surface area contributed by atoms with Crippen molar-refractivity contribution < 1.29 is 63.0 Å². The van der Waals surface area contributed by atoms with Crippen LogP contribution in [0.5, 0.6) is 0 Å². The van der Waals surface area contributed by atoms with Crippen LogP contribution in [0, 0.1) is 16.7 Å². The number of rotatable bonds is 6. The Labute approximate surface area is 272 Å². The number of carbonyl (C=O) groups excluding carboxylic acids is 5. The molecule has 0 radical (unpaired) electrons. The fraction of sp³-hybridized carbons (Fsp3) is 0.618. The lowest BCUT2D eigenvalue weighted by molar-refractivity contribution is -0.346. The SMILES string of the molecule is CC(=O)O[C@H]1C(=O)[C@@]2(C)[C@H]([C@H](OC(=O)c3ccccc3)[C@]3(O)C[C@H](OC(=O)[C@@H](C)O)C(C)=C1C3(C)C)[C@]1(OC(C)=O)CO[C@@H]1C[C@@H]2O. The molecule has 1 saturated heterocycles. The molecule has 0 aromatic heterocycles. The third-order valence-electron chi connectivity index (χ3n) is 10.8. The van der Waals surface area contributed by atoms with Gasteiger partial charge in [0.15, 0.2) is 17.5 Å². The van der Waals surface area contributed by atoms with Crippen LogP contribution in [-0.2, 0) is 42.9 Å². The Morgan fingerprint density at radius 2 is 1.64 bits per heavy atom. The minimum atomic E-state index is -2.24. The Hall–Kier alpha value is -3.65. The zero-order valence-corrected chi connectivity index (χ0v) is 27.5. The number of ketones is 1. The topological polar surface area (TPSA) is 192 Å². The third kappa shape index (κ3) is 5.18. The van der Waals surface area contributed by atoms with E-state index in [-0.39, 0.29) is 29.7 Å². The van der Waals surface area contributed by atoms with Crippen LogP contribution in [0.4, 0.5) is 0 Å². The number of hydrogen-bond donors (Lipinski definition) is 3. The summed E-state index contributed by atoms with van der Waals surface area (Å²) in [6.07, 6.45) is -9.27. The van der Waals surface area contributed by atoms with Gasteiger partial charge in [0.25, 0.3) is 0 Å². The van der Waals surface area contributed by atoms with Crippen molar-refractivity contribution in [1.29, 1.82) is 0 Å². The van der Waals surface area contributed by atoms with Crippen molar-refractivity contribution in [3.63, 3.8) is 0 Å². The van der Waals surface area contributed by atoms with Gasteiger partial charge in [0.05, 0.1) is 29.6 Å². The van der Waals surface area contributed by atoms with Gasteiger partial charge in [0.1, 0.15) is 30.0 Å². The second-order valence-corrected chi connectivity index (χ2v) is 13.9. The summed E-state index contributed by atoms with van der Waals surface area (Å²) >= 11 is 0. The number of fused-ring (bicyclic) bond motifs is 5. The van der Waals surface area contributed by atoms with Crippen molar-refractivity contribution in [2.45, 2.75) is 109 Å². The molecule has 47 heavy (non-hydrogen) atoms. The first-order chi connectivity index (χ1) is 21.8. The number of ether oxygens (including phenoxy) is 5. The quantitative estimate of drug-likeness (QED) is 0.227. The van der Waals surface area contributed by atoms with E-state index >= 15 is 4.79 Å². The molecule has 4 aliphatic rings. The van der Waals surface area contributed by atoms with E-state index in [0.717, 1.165) is 6.92 Å². The molecule has 13 heteroatoms. The Bertz CT molecular complexity index is 1510. The van der Waals surface area contributed by atoms with Gasteiger partial charge < -0.3 is 39.0 Å². The maximum absolute atomic E-state index is 15.1. The van der Waals surface area contributed by atoms with Gasteiger partial charge in [-0.1, -0.05) is 32.0 Å². The fourth-order valence-corrected chi connectivity index (χ4v) is 8.26. The minimum Gasteiger partial charge on any atom is -0.456 e. The summed E-state index contributed by atoms with van der Waals surface area (Å²) in [6.45, 7) is 9.36. The number of carbonyl (C=O) groups is 5. The van der Waals surface area contributed by atoms with Crippen LogP contribution >= 0.6 is 0 Å². The predicted molar refractivity (Wildman–Crippen MR) is 160 cm³/mol. The van der Waals surface area contributed by atoms with Crippen LogP contribution in [0.3, 0.4) is 0 Å². The molecular formula is C34H42O13. The molecule has 5 rings (SSSR count). The highest BCUT2D eigenvalue weighted by Crippen LogP contribution is 2.64. The predicted octanol–water partition coefficient (Wildman–Crippen LogP) is 1.58. The van der Waals surface area contributed by atoms with Gasteiger partial charge in [-0.15, -0.1) is 0 Å². The summed E-state index contributed by atoms with van der Waals surface area (Å²) < 4.78 is 29.4. The largest absolute Gasteiger partial charge is 0.456 e. The van der Waals surface area contributed by atoms with E-state index < -0.39 is 101 Å². The van der Waals surface area contributed by atoms with Crippen molar-refractivity contribution in [3.05, 3.63) is 47.0 Å². The van der Waals surface area contributed by atoms with Gasteiger partial charge in [-0.3, -0.25) is 14.4 Å². The van der Waals surface area contributed by atoms with Crippen molar-refractivity contribution in [2.24, 2.45) is 16.7 Å². The van der Waals surface area contributed by atoms with E-state index in [4.69, 9.17) is 23.7 Å². The molecule has 2 saturated carbocycles. The summed E-state index contributed by atoms with van der Waals surface area (Å²) in [5.41, 5.74) is -6.97. The number of aliphatic hydroxyl groups excluding tert-OH is 2. The second kappa shape index (κ2) is 11.8. The lowest BCUT2D eigenvalue weighted by atomic mass is 9.44. The molecule has 3 aliphatic carbocycles. The summed E-state index contributed by atoms with van der Waals surface area (Å²) in [7, 11) is 0. The lowest BCUT2D eigenvalue weighted by Gasteiger charge is -2.67. The zero-order chi connectivity index (χ0) is 34.9. The van der Waals surface area contributed by atoms with Gasteiger partial charge in [0, 0.05) is 32.1 Å². The number of esters is 4. The molecule has 256 valence electrons. The molecule has 13 nitrogen and oxygen atoms in total. The molecule has 1 aromatic carbocycles. The highest BCUT2D eigenvalue weighted by molar-refractivity contribution is 5.95. The van der Waals surface area contributed by atoms with Crippen LogP contribution in [0.25, 0.3) is 0 Å². The molecule has 10 atom stereocenters. The normalized spacial score (nSPS) is 37.9. The van der Waals surface area contributed by atoms with E-state index in [1.165, 1.54) is 32.9 Å². The van der Waals surface area contributed by atoms with Crippen LogP contribution < -0.4 is 0 Å². The molecule has 0 unspecified atom stereocenters. The van der Waals surface area contributed by atoms with Gasteiger partial charge in [-0.05, 0) is 44.1 Å². The van der Waals surface area contributed by atoms with Gasteiger partial charge in [-0.2, -0.15) is 0 Å². The Kier molecular flexibility index (Phi) is 8.70. The lowest BCUT2D eigenvalue weighted by Crippen LogP contribution is -2.82. The molecule has 0 amide bonds. The van der Waals surface area contributed by atoms with Crippen LogP contribution in [-0.4, -0.2) is 99.4 Å². The van der Waals surface area contributed by atoms with Gasteiger partial charge in [-0.25, -0.2) is 9.59 Å². The van der Waals surface area contributed by atoms with E-state index in [9.17, 15) is 34.5 Å². The Morgan fingerprint density at radius 3 is 2.17 bits per heavy atom. The van der Waals surface area contributed by atoms with Crippen molar-refractivity contribution >= 4 is 29.7 Å². The summed E-state index contributed by atoms with van der Waals surface area (Å²) in [5, 5.41) is 35.0. The monoisotopic (exact) mass is 658 g/mol. The van der Waals surface area contributed by atoms with Crippen molar-refractivity contribution in [1.82, 2.24) is 0 Å². The highest BCUT2D eigenvalue weighted by atomic mass is 16.6. The molecular weight excluding hydrogens is 616 g/mol. The summed E-state index contributed by atoms with van der Waals surface area (Å²) in [4.78, 5) is 67.0. The molecule has 3 N–H and O–H groups in total. The van der Waals surface area contributed by atoms with E-state index in [1.54, 1.807) is 39.0 Å². The van der Waals surface area contributed by atoms with Crippen LogP contribution in [0.2, 0.25) is 0 Å². The average molecular weight is 659 g/mol. The van der Waals surface area contributed by atoms with E-state index in [2.05, 4.69) is 0 Å². The maximum Gasteiger partial charge on any atom is 0.338 e. The summed E-state index contributed by atoms with van der Waals surface area (Å²) in [6, 6.07) is 7.92. The van der Waals surface area contributed by atoms with Crippen molar-refractivity contribution in [2.75, 3.05) is 6.61 Å². The average Bonchev–Trinajstić information content (AvgIpc) is 2.98. The zero-order valence-electron chi connectivity index (χ0n) is 27.5. The number of hydrogen-bond acceptors (Lipinski definition) is 13. The Morgan fingerprint density at radius 1 is 1.00 bits per heavy atom. The molecule has 3 fully saturated rings. The first-order valence-corrected chi connectivity index (χ1v) is 15.6. The van der Waals surface area contributed by atoms with E-state index in [0.29, 0.717) is 0 Å². The summed E-state index contributed by atoms with van der Waals surface area (Å²) in [5.74, 6) is -5.75. The molecule has 2 bridgehead atoms. The van der Waals surface area contributed by atoms with Gasteiger partial charge in [0.2, 0.25) is 0 Å². The van der Waals surface area contributed by atoms with E-state index in [1.807, 2.05) is 0 Å². The number of aliphatic hydroxyl groups is 3. The maximum atomic E-state index is 15.1. The smallest absolute Gasteiger partial charge is 0.338 e. The molecule has 0 spiro atoms. The van der Waals surface area contributed by atoms with Crippen LogP contribution in [0.1, 0.15) is 71.7 Å². The highest BCUT2D eigenvalue weighted by Gasteiger charge is 2.78. The first-order valence-electron chi connectivity index (χ1n) is 15.6. The number of Topliss-reactive ketones (excluding diaryl/α,β-unsaturated/α-hetero) is 1. The van der Waals surface area contributed by atoms with Crippen LogP contribution in [0.15, 0.2) is 41.5 Å².